The first-order valence-electron chi connectivity index (χ1n) is 12.3. The average molecular weight is 516 g/mol. The second-order valence-electron chi connectivity index (χ2n) is 9.00. The summed E-state index contributed by atoms with van der Waals surface area (Å²) in [6.07, 6.45) is 1.68. The first-order chi connectivity index (χ1) is 18.4. The molecule has 1 aliphatic rings. The number of ether oxygens (including phenoxy) is 3. The molecule has 2 aromatic carbocycles. The molecule has 2 aromatic heterocycles. The van der Waals surface area contributed by atoms with Crippen LogP contribution in [0.1, 0.15) is 27.8 Å². The topological polar surface area (TPSA) is 98.5 Å². The minimum atomic E-state index is -0.204. The molecule has 1 fully saturated rings. The molecule has 10 nitrogen and oxygen atoms in total. The van der Waals surface area contributed by atoms with Crippen molar-refractivity contribution in [2.45, 2.75) is 13.0 Å². The third-order valence-corrected chi connectivity index (χ3v) is 6.77. The van der Waals surface area contributed by atoms with Crippen molar-refractivity contribution in [1.82, 2.24) is 24.4 Å². The predicted octanol–water partition coefficient (Wildman–Crippen LogP) is 3.41. The second-order valence-corrected chi connectivity index (χ2v) is 9.00. The monoisotopic (exact) mass is 515 g/mol. The molecule has 196 valence electrons. The van der Waals surface area contributed by atoms with E-state index in [0.29, 0.717) is 53.8 Å². The zero-order chi connectivity index (χ0) is 26.8. The van der Waals surface area contributed by atoms with Crippen LogP contribution in [0.15, 0.2) is 60.8 Å². The molecule has 1 aliphatic heterocycles. The molecule has 1 saturated heterocycles. The first kappa shape index (κ1) is 25.1. The van der Waals surface area contributed by atoms with Gasteiger partial charge in [-0.15, -0.1) is 0 Å². The van der Waals surface area contributed by atoms with Gasteiger partial charge in [0, 0.05) is 43.5 Å². The molecule has 0 radical (unpaired) electrons. The highest BCUT2D eigenvalue weighted by Gasteiger charge is 2.32. The van der Waals surface area contributed by atoms with Crippen molar-refractivity contribution >= 4 is 17.5 Å². The average Bonchev–Trinajstić information content (AvgIpc) is 3.40. The normalized spacial score (nSPS) is 15.4. The van der Waals surface area contributed by atoms with E-state index in [0.717, 1.165) is 11.3 Å². The summed E-state index contributed by atoms with van der Waals surface area (Å²) in [6, 6.07) is 16.1. The zero-order valence-electron chi connectivity index (χ0n) is 21.7. The highest BCUT2D eigenvalue weighted by molar-refractivity contribution is 5.98. The summed E-state index contributed by atoms with van der Waals surface area (Å²) in [5.74, 6) is 1.43. The highest BCUT2D eigenvalue weighted by Crippen LogP contribution is 2.32. The van der Waals surface area contributed by atoms with E-state index < -0.39 is 0 Å². The van der Waals surface area contributed by atoms with Gasteiger partial charge in [-0.2, -0.15) is 5.10 Å². The predicted molar refractivity (Wildman–Crippen MR) is 141 cm³/mol. The molecule has 4 aromatic rings. The number of carbonyl (C=O) groups is 2. The fourth-order valence-electron chi connectivity index (χ4n) is 4.80. The molecule has 2 amide bonds. The Morgan fingerprint density at radius 2 is 1.63 bits per heavy atom. The molecular weight excluding hydrogens is 486 g/mol. The Kier molecular flexibility index (Phi) is 6.87. The molecule has 0 saturated carbocycles. The number of aromatic nitrogens is 3. The van der Waals surface area contributed by atoms with Crippen LogP contribution < -0.4 is 14.2 Å². The molecule has 38 heavy (non-hydrogen) atoms. The summed E-state index contributed by atoms with van der Waals surface area (Å²) < 4.78 is 17.8. The van der Waals surface area contributed by atoms with Crippen molar-refractivity contribution in [3.8, 4) is 28.5 Å². The summed E-state index contributed by atoms with van der Waals surface area (Å²) in [5.41, 5.74) is 2.96. The number of benzene rings is 2. The van der Waals surface area contributed by atoms with Gasteiger partial charge in [0.05, 0.1) is 32.6 Å². The quantitative estimate of drug-likeness (QED) is 0.388. The number of piperazine rings is 1. The molecule has 0 N–H and O–H groups in total. The van der Waals surface area contributed by atoms with E-state index in [1.54, 1.807) is 60.0 Å². The van der Waals surface area contributed by atoms with Gasteiger partial charge in [-0.05, 0) is 43.3 Å². The third-order valence-electron chi connectivity index (χ3n) is 6.77. The van der Waals surface area contributed by atoms with Gasteiger partial charge in [-0.3, -0.25) is 9.59 Å². The lowest BCUT2D eigenvalue weighted by atomic mass is 10.1. The number of methoxy groups -OCH3 is 3. The lowest BCUT2D eigenvalue weighted by Crippen LogP contribution is -2.55. The maximum atomic E-state index is 13.5. The Bertz CT molecular complexity index is 1500. The molecule has 0 bridgehead atoms. The van der Waals surface area contributed by atoms with Gasteiger partial charge in [-0.1, -0.05) is 12.1 Å². The van der Waals surface area contributed by atoms with Gasteiger partial charge in [0.2, 0.25) is 0 Å². The number of carbonyl (C=O) groups excluding carboxylic acids is 2. The standard InChI is InChI=1S/C28H29N5O5/c1-18-17-31(13-14-32(18)27(34)20-7-5-6-8-23(20)36-2)28(35)21-16-26-29-12-11-22(33(26)30-21)19-9-10-24(37-3)25(15-19)38-4/h5-12,15-16,18H,13-14,17H2,1-4H3/t18-/m0/s1. The van der Waals surface area contributed by atoms with E-state index in [9.17, 15) is 9.59 Å². The van der Waals surface area contributed by atoms with Crippen molar-refractivity contribution in [3.63, 3.8) is 0 Å². The van der Waals surface area contributed by atoms with E-state index in [-0.39, 0.29) is 17.9 Å². The van der Waals surface area contributed by atoms with E-state index in [4.69, 9.17) is 14.2 Å². The van der Waals surface area contributed by atoms with E-state index in [1.165, 1.54) is 0 Å². The number of rotatable bonds is 6. The number of para-hydroxylation sites is 1. The summed E-state index contributed by atoms with van der Waals surface area (Å²) >= 11 is 0. The summed E-state index contributed by atoms with van der Waals surface area (Å²) in [6.45, 7) is 3.14. The van der Waals surface area contributed by atoms with Gasteiger partial charge in [0.25, 0.3) is 11.8 Å². The van der Waals surface area contributed by atoms with Crippen molar-refractivity contribution in [3.05, 3.63) is 72.1 Å². The summed E-state index contributed by atoms with van der Waals surface area (Å²) in [7, 11) is 4.72. The summed E-state index contributed by atoms with van der Waals surface area (Å²) in [5, 5.41) is 4.61. The number of nitrogens with zero attached hydrogens (tertiary/aromatic N) is 5. The van der Waals surface area contributed by atoms with E-state index in [1.807, 2.05) is 43.3 Å². The number of hydrogen-bond donors (Lipinski definition) is 0. The number of fused-ring (bicyclic) bond motifs is 1. The van der Waals surface area contributed by atoms with Gasteiger partial charge in [-0.25, -0.2) is 9.50 Å². The molecule has 0 unspecified atom stereocenters. The molecule has 10 heteroatoms. The second kappa shape index (κ2) is 10.4. The van der Waals surface area contributed by atoms with Crippen LogP contribution in [0.25, 0.3) is 16.9 Å². The van der Waals surface area contributed by atoms with Crippen molar-refractivity contribution in [2.24, 2.45) is 0 Å². The Morgan fingerprint density at radius 1 is 0.868 bits per heavy atom. The van der Waals surface area contributed by atoms with Crippen LogP contribution in [0, 0.1) is 0 Å². The SMILES string of the molecule is COc1ccc(-c2ccnc3cc(C(=O)N4CCN(C(=O)c5ccccc5OC)[C@@H](C)C4)nn23)cc1OC. The van der Waals surface area contributed by atoms with Crippen LogP contribution in [0.4, 0.5) is 0 Å². The summed E-state index contributed by atoms with van der Waals surface area (Å²) in [4.78, 5) is 34.6. The van der Waals surface area contributed by atoms with Crippen molar-refractivity contribution in [2.75, 3.05) is 41.0 Å². The van der Waals surface area contributed by atoms with Gasteiger partial charge < -0.3 is 24.0 Å². The van der Waals surface area contributed by atoms with Crippen LogP contribution in [0.3, 0.4) is 0 Å². The molecule has 3 heterocycles. The van der Waals surface area contributed by atoms with Crippen LogP contribution in [0.2, 0.25) is 0 Å². The Labute approximate surface area is 220 Å². The highest BCUT2D eigenvalue weighted by atomic mass is 16.5. The lowest BCUT2D eigenvalue weighted by molar-refractivity contribution is 0.0409. The minimum absolute atomic E-state index is 0.112. The van der Waals surface area contributed by atoms with Gasteiger partial charge in [0.1, 0.15) is 5.75 Å². The smallest absolute Gasteiger partial charge is 0.274 e. The van der Waals surface area contributed by atoms with Crippen molar-refractivity contribution < 1.29 is 23.8 Å². The zero-order valence-corrected chi connectivity index (χ0v) is 21.7. The minimum Gasteiger partial charge on any atom is -0.496 e. The Morgan fingerprint density at radius 3 is 2.37 bits per heavy atom. The van der Waals surface area contributed by atoms with Crippen LogP contribution >= 0.6 is 0 Å². The largest absolute Gasteiger partial charge is 0.496 e. The fraction of sp³-hybridized carbons (Fsp3) is 0.286. The molecule has 0 aliphatic carbocycles. The Balaban J connectivity index is 1.37. The lowest BCUT2D eigenvalue weighted by Gasteiger charge is -2.39. The van der Waals surface area contributed by atoms with E-state index in [2.05, 4.69) is 10.1 Å². The Hall–Kier alpha value is -4.60. The third kappa shape index (κ3) is 4.49. The fourth-order valence-corrected chi connectivity index (χ4v) is 4.80. The molecule has 1 atom stereocenters. The molecular formula is C28H29N5O5. The first-order valence-corrected chi connectivity index (χ1v) is 12.3. The number of amides is 2. The van der Waals surface area contributed by atoms with Gasteiger partial charge >= 0.3 is 0 Å². The van der Waals surface area contributed by atoms with Crippen LogP contribution in [0.5, 0.6) is 17.2 Å². The van der Waals surface area contributed by atoms with Gasteiger partial charge in [0.15, 0.2) is 22.8 Å². The number of hydrogen-bond acceptors (Lipinski definition) is 7. The van der Waals surface area contributed by atoms with E-state index >= 15 is 0 Å². The van der Waals surface area contributed by atoms with Crippen molar-refractivity contribution in [1.29, 1.82) is 0 Å². The molecule has 5 rings (SSSR count). The molecule has 0 spiro atoms. The van der Waals surface area contributed by atoms with Crippen LogP contribution in [-0.4, -0.2) is 83.2 Å². The maximum absolute atomic E-state index is 13.5. The maximum Gasteiger partial charge on any atom is 0.274 e. The van der Waals surface area contributed by atoms with Crippen LogP contribution in [-0.2, 0) is 0 Å².